The molecular weight excluding hydrogens is 364 g/mol. The zero-order valence-electron chi connectivity index (χ0n) is 17.3. The van der Waals surface area contributed by atoms with Gasteiger partial charge in [-0.15, -0.1) is 0 Å². The van der Waals surface area contributed by atoms with Crippen LogP contribution in [0.1, 0.15) is 31.0 Å². The fourth-order valence-corrected chi connectivity index (χ4v) is 3.75. The minimum absolute atomic E-state index is 0.185. The summed E-state index contributed by atoms with van der Waals surface area (Å²) in [4.78, 5) is 19.9. The van der Waals surface area contributed by atoms with E-state index in [-0.39, 0.29) is 5.91 Å². The molecule has 7 nitrogen and oxygen atoms in total. The minimum Gasteiger partial charge on any atom is -0.364 e. The van der Waals surface area contributed by atoms with Crippen LogP contribution in [0.2, 0.25) is 0 Å². The molecule has 0 aliphatic carbocycles. The number of carbonyl (C=O) groups is 1. The van der Waals surface area contributed by atoms with Crippen LogP contribution in [0, 0.1) is 17.2 Å². The van der Waals surface area contributed by atoms with E-state index in [2.05, 4.69) is 21.3 Å². The fourth-order valence-electron chi connectivity index (χ4n) is 3.75. The normalized spacial score (nSPS) is 14.6. The predicted octanol–water partition coefficient (Wildman–Crippen LogP) is 2.15. The van der Waals surface area contributed by atoms with Gasteiger partial charge in [0.05, 0.1) is 30.2 Å². The monoisotopic (exact) mass is 394 g/mol. The molecule has 0 unspecified atom stereocenters. The number of nitrogens with zero attached hydrogens (tertiary/aromatic N) is 5. The van der Waals surface area contributed by atoms with Crippen molar-refractivity contribution in [3.63, 3.8) is 0 Å². The summed E-state index contributed by atoms with van der Waals surface area (Å²) >= 11 is 0. The Morgan fingerprint density at radius 2 is 2.03 bits per heavy atom. The van der Waals surface area contributed by atoms with Crippen LogP contribution in [-0.4, -0.2) is 53.1 Å². The van der Waals surface area contributed by atoms with Crippen molar-refractivity contribution in [3.05, 3.63) is 48.0 Å². The number of likely N-dealkylation sites (tertiary alicyclic amines) is 1. The number of hydrogen-bond acceptors (Lipinski definition) is 5. The van der Waals surface area contributed by atoms with Crippen LogP contribution in [0.3, 0.4) is 0 Å². The molecular formula is C22H30N6O. The van der Waals surface area contributed by atoms with Gasteiger partial charge in [-0.2, -0.15) is 5.26 Å². The second-order valence-electron chi connectivity index (χ2n) is 7.73. The number of aromatic nitrogens is 2. The van der Waals surface area contributed by atoms with Crippen LogP contribution < -0.4 is 10.2 Å². The molecule has 1 aliphatic rings. The highest BCUT2D eigenvalue weighted by Gasteiger charge is 2.20. The Kier molecular flexibility index (Phi) is 7.25. The van der Waals surface area contributed by atoms with Gasteiger partial charge in [0.25, 0.3) is 0 Å². The van der Waals surface area contributed by atoms with Gasteiger partial charge >= 0.3 is 0 Å². The SMILES string of the molecule is CC(=O)N1CCC(CNCCN(Cc2cncn2C)c2ccc(C#N)cc2)CC1. The topological polar surface area (TPSA) is 77.2 Å². The van der Waals surface area contributed by atoms with Crippen LogP contribution in [-0.2, 0) is 18.4 Å². The molecule has 2 heterocycles. The first-order valence-electron chi connectivity index (χ1n) is 10.2. The predicted molar refractivity (Wildman–Crippen MR) is 113 cm³/mol. The molecule has 3 rings (SSSR count). The maximum atomic E-state index is 11.5. The summed E-state index contributed by atoms with van der Waals surface area (Å²) in [6, 6.07) is 9.92. The highest BCUT2D eigenvalue weighted by molar-refractivity contribution is 5.73. The maximum Gasteiger partial charge on any atom is 0.219 e. The van der Waals surface area contributed by atoms with Crippen molar-refractivity contribution in [3.8, 4) is 6.07 Å². The van der Waals surface area contributed by atoms with E-state index in [0.717, 1.165) is 63.5 Å². The number of nitriles is 1. The molecule has 0 spiro atoms. The molecule has 154 valence electrons. The summed E-state index contributed by atoms with van der Waals surface area (Å²) in [5.41, 5.74) is 2.91. The first-order valence-corrected chi connectivity index (χ1v) is 10.2. The summed E-state index contributed by atoms with van der Waals surface area (Å²) in [6.07, 6.45) is 5.85. The zero-order valence-corrected chi connectivity index (χ0v) is 17.3. The summed E-state index contributed by atoms with van der Waals surface area (Å²) in [5.74, 6) is 0.815. The number of nitrogens with one attached hydrogen (secondary N) is 1. The lowest BCUT2D eigenvalue weighted by Crippen LogP contribution is -2.40. The number of amides is 1. The van der Waals surface area contributed by atoms with E-state index in [1.165, 1.54) is 0 Å². The minimum atomic E-state index is 0.185. The molecule has 1 aromatic carbocycles. The number of imidazole rings is 1. The molecule has 0 saturated carbocycles. The van der Waals surface area contributed by atoms with E-state index >= 15 is 0 Å². The quantitative estimate of drug-likeness (QED) is 0.694. The van der Waals surface area contributed by atoms with Gasteiger partial charge in [-0.25, -0.2) is 4.98 Å². The van der Waals surface area contributed by atoms with Gasteiger partial charge in [0, 0.05) is 52.0 Å². The molecule has 1 N–H and O–H groups in total. The van der Waals surface area contributed by atoms with Crippen molar-refractivity contribution < 1.29 is 4.79 Å². The lowest BCUT2D eigenvalue weighted by Gasteiger charge is -2.31. The number of anilines is 1. The van der Waals surface area contributed by atoms with Crippen LogP contribution in [0.15, 0.2) is 36.8 Å². The van der Waals surface area contributed by atoms with Crippen molar-refractivity contribution >= 4 is 11.6 Å². The number of piperidine rings is 1. The van der Waals surface area contributed by atoms with Gasteiger partial charge in [-0.1, -0.05) is 0 Å². The molecule has 2 aromatic rings. The van der Waals surface area contributed by atoms with E-state index in [9.17, 15) is 4.79 Å². The van der Waals surface area contributed by atoms with E-state index in [0.29, 0.717) is 11.5 Å². The molecule has 1 saturated heterocycles. The van der Waals surface area contributed by atoms with Crippen LogP contribution in [0.4, 0.5) is 5.69 Å². The first kappa shape index (κ1) is 20.9. The smallest absolute Gasteiger partial charge is 0.219 e. The van der Waals surface area contributed by atoms with E-state index < -0.39 is 0 Å². The number of benzene rings is 1. The number of hydrogen-bond donors (Lipinski definition) is 1. The molecule has 1 fully saturated rings. The summed E-state index contributed by atoms with van der Waals surface area (Å²) in [5, 5.41) is 12.6. The molecule has 7 heteroatoms. The number of carbonyl (C=O) groups excluding carboxylic acids is 1. The van der Waals surface area contributed by atoms with Gasteiger partial charge in [0.15, 0.2) is 0 Å². The first-order chi connectivity index (χ1) is 14.1. The van der Waals surface area contributed by atoms with E-state index in [1.54, 1.807) is 6.92 Å². The van der Waals surface area contributed by atoms with E-state index in [4.69, 9.17) is 5.26 Å². The highest BCUT2D eigenvalue weighted by Crippen LogP contribution is 2.18. The number of aryl methyl sites for hydroxylation is 1. The van der Waals surface area contributed by atoms with Crippen molar-refractivity contribution in [2.75, 3.05) is 37.6 Å². The Morgan fingerprint density at radius 3 is 2.62 bits per heavy atom. The summed E-state index contributed by atoms with van der Waals surface area (Å²) in [7, 11) is 2.00. The van der Waals surface area contributed by atoms with Crippen molar-refractivity contribution in [2.24, 2.45) is 13.0 Å². The Labute approximate surface area is 172 Å². The van der Waals surface area contributed by atoms with Crippen LogP contribution in [0.25, 0.3) is 0 Å². The molecule has 1 aliphatic heterocycles. The standard InChI is InChI=1S/C22H30N6O/c1-18(29)27-10-7-20(8-11-27)14-24-9-12-28(16-22-15-25-17-26(22)2)21-5-3-19(13-23)4-6-21/h3-6,15,17,20,24H,7-12,14,16H2,1-2H3. The lowest BCUT2D eigenvalue weighted by atomic mass is 9.97. The molecule has 0 bridgehead atoms. The maximum absolute atomic E-state index is 11.5. The highest BCUT2D eigenvalue weighted by atomic mass is 16.2. The second kappa shape index (κ2) is 10.1. The van der Waals surface area contributed by atoms with Gasteiger partial charge in [0.1, 0.15) is 0 Å². The Bertz CT molecular complexity index is 830. The van der Waals surface area contributed by atoms with Crippen molar-refractivity contribution in [2.45, 2.75) is 26.3 Å². The van der Waals surface area contributed by atoms with Gasteiger partial charge < -0.3 is 19.7 Å². The molecule has 29 heavy (non-hydrogen) atoms. The van der Waals surface area contributed by atoms with Crippen molar-refractivity contribution in [1.29, 1.82) is 5.26 Å². The molecule has 1 amide bonds. The summed E-state index contributed by atoms with van der Waals surface area (Å²) < 4.78 is 2.03. The molecule has 0 atom stereocenters. The largest absolute Gasteiger partial charge is 0.364 e. The average Bonchev–Trinajstić information content (AvgIpc) is 3.15. The Balaban J connectivity index is 1.52. The van der Waals surface area contributed by atoms with Gasteiger partial charge in [-0.3, -0.25) is 4.79 Å². The molecule has 1 aromatic heterocycles. The summed E-state index contributed by atoms with van der Waals surface area (Å²) in [6.45, 7) is 6.89. The van der Waals surface area contributed by atoms with E-state index in [1.807, 2.05) is 53.3 Å². The van der Waals surface area contributed by atoms with Crippen molar-refractivity contribution in [1.82, 2.24) is 19.8 Å². The number of rotatable bonds is 8. The third kappa shape index (κ3) is 5.81. The molecule has 0 radical (unpaired) electrons. The third-order valence-electron chi connectivity index (χ3n) is 5.68. The van der Waals surface area contributed by atoms with Gasteiger partial charge in [0.2, 0.25) is 5.91 Å². The third-order valence-corrected chi connectivity index (χ3v) is 5.68. The Hall–Kier alpha value is -2.85. The lowest BCUT2D eigenvalue weighted by molar-refractivity contribution is -0.130. The van der Waals surface area contributed by atoms with Gasteiger partial charge in [-0.05, 0) is 49.6 Å². The average molecular weight is 395 g/mol. The fraction of sp³-hybridized carbons (Fsp3) is 0.500. The Morgan fingerprint density at radius 1 is 1.31 bits per heavy atom. The van der Waals surface area contributed by atoms with Crippen LogP contribution in [0.5, 0.6) is 0 Å². The second-order valence-corrected chi connectivity index (χ2v) is 7.73. The zero-order chi connectivity index (χ0) is 20.6. The van der Waals surface area contributed by atoms with Crippen LogP contribution >= 0.6 is 0 Å².